The van der Waals surface area contributed by atoms with E-state index in [-0.39, 0.29) is 16.9 Å². The van der Waals surface area contributed by atoms with Crippen LogP contribution in [0.1, 0.15) is 15.9 Å². The predicted molar refractivity (Wildman–Crippen MR) is 93.2 cm³/mol. The fourth-order valence-electron chi connectivity index (χ4n) is 2.00. The Morgan fingerprint density at radius 2 is 1.68 bits per heavy atom. The average Bonchev–Trinajstić information content (AvgIpc) is 2.70. The normalized spacial score (nSPS) is 10.8. The monoisotopic (exact) mass is 388 g/mol. The highest BCUT2D eigenvalue weighted by molar-refractivity contribution is 6.00. The van der Waals surface area contributed by atoms with Crippen LogP contribution in [0.2, 0.25) is 0 Å². The molecule has 2 aromatic carbocycles. The Kier molecular flexibility index (Phi) is 7.05. The van der Waals surface area contributed by atoms with E-state index in [0.717, 1.165) is 12.1 Å². The van der Waals surface area contributed by atoms with Crippen molar-refractivity contribution >= 4 is 18.0 Å². The summed E-state index contributed by atoms with van der Waals surface area (Å²) in [7, 11) is 1.50. The molecule has 0 unspecified atom stereocenters. The van der Waals surface area contributed by atoms with Crippen LogP contribution in [-0.4, -0.2) is 25.6 Å². The number of nitrogens with zero attached hydrogens (tertiary/aromatic N) is 1. The van der Waals surface area contributed by atoms with Crippen molar-refractivity contribution in [2.45, 2.75) is 6.61 Å². The highest BCUT2D eigenvalue weighted by Gasteiger charge is 2.14. The van der Waals surface area contributed by atoms with Gasteiger partial charge in [0.15, 0.2) is 0 Å². The van der Waals surface area contributed by atoms with Crippen LogP contribution in [0.5, 0.6) is 11.5 Å². The van der Waals surface area contributed by atoms with E-state index in [1.54, 1.807) is 30.3 Å². The molecule has 0 fully saturated rings. The maximum absolute atomic E-state index is 12.1. The summed E-state index contributed by atoms with van der Waals surface area (Å²) < 4.78 is 33.4. The molecule has 0 saturated carbocycles. The van der Waals surface area contributed by atoms with Gasteiger partial charge in [0.1, 0.15) is 23.1 Å². The molecule has 0 bridgehead atoms. The van der Waals surface area contributed by atoms with Gasteiger partial charge in [0.2, 0.25) is 0 Å². The quantitative estimate of drug-likeness (QED) is 0.464. The standard InChI is InChI=1S/C19H14F2N2O5/c1-26-15-6-2-12(3-7-15)10-14(11-22)18(25)28-23-17(24)13-4-8-16(9-5-13)27-19(20)21/h2-10,19H,1H3,(H,23,24)/b14-10-. The van der Waals surface area contributed by atoms with Crippen LogP contribution in [0.15, 0.2) is 54.1 Å². The number of methoxy groups -OCH3 is 1. The van der Waals surface area contributed by atoms with Crippen LogP contribution in [0.3, 0.4) is 0 Å². The molecule has 0 aliphatic rings. The number of nitriles is 1. The van der Waals surface area contributed by atoms with Crippen LogP contribution in [-0.2, 0) is 9.63 Å². The molecular weight excluding hydrogens is 374 g/mol. The number of halogens is 2. The lowest BCUT2D eigenvalue weighted by atomic mass is 10.1. The van der Waals surface area contributed by atoms with Crippen LogP contribution >= 0.6 is 0 Å². The number of hydrogen-bond donors (Lipinski definition) is 1. The molecule has 0 heterocycles. The second kappa shape index (κ2) is 9.68. The second-order valence-corrected chi connectivity index (χ2v) is 5.17. The first-order valence-corrected chi connectivity index (χ1v) is 7.75. The van der Waals surface area contributed by atoms with E-state index < -0.39 is 18.5 Å². The number of alkyl halides is 2. The van der Waals surface area contributed by atoms with Crippen molar-refractivity contribution < 1.29 is 32.7 Å². The summed E-state index contributed by atoms with van der Waals surface area (Å²) in [6, 6.07) is 13.0. The molecule has 1 N–H and O–H groups in total. The number of benzene rings is 2. The third-order valence-electron chi connectivity index (χ3n) is 3.35. The second-order valence-electron chi connectivity index (χ2n) is 5.17. The number of ether oxygens (including phenoxy) is 2. The van der Waals surface area contributed by atoms with Gasteiger partial charge in [-0.1, -0.05) is 12.1 Å². The molecule has 1 amide bonds. The zero-order valence-electron chi connectivity index (χ0n) is 14.5. The largest absolute Gasteiger partial charge is 0.497 e. The van der Waals surface area contributed by atoms with Gasteiger partial charge in [-0.15, -0.1) is 0 Å². The van der Waals surface area contributed by atoms with Gasteiger partial charge in [-0.05, 0) is 48.0 Å². The SMILES string of the molecule is COc1ccc(/C=C(/C#N)C(=O)ONC(=O)c2ccc(OC(F)F)cc2)cc1. The lowest BCUT2D eigenvalue weighted by Crippen LogP contribution is -2.27. The summed E-state index contributed by atoms with van der Waals surface area (Å²) in [5, 5.41) is 9.11. The smallest absolute Gasteiger partial charge is 0.387 e. The van der Waals surface area contributed by atoms with Gasteiger partial charge in [-0.3, -0.25) is 4.79 Å². The zero-order valence-corrected chi connectivity index (χ0v) is 14.5. The van der Waals surface area contributed by atoms with Gasteiger partial charge in [0.05, 0.1) is 7.11 Å². The number of hydroxylamine groups is 1. The molecule has 144 valence electrons. The van der Waals surface area contributed by atoms with Gasteiger partial charge in [0, 0.05) is 5.56 Å². The van der Waals surface area contributed by atoms with E-state index in [0.29, 0.717) is 11.3 Å². The van der Waals surface area contributed by atoms with Gasteiger partial charge >= 0.3 is 12.6 Å². The van der Waals surface area contributed by atoms with E-state index >= 15 is 0 Å². The first-order chi connectivity index (χ1) is 13.4. The Morgan fingerprint density at radius 1 is 1.07 bits per heavy atom. The molecule has 28 heavy (non-hydrogen) atoms. The highest BCUT2D eigenvalue weighted by atomic mass is 19.3. The molecule has 0 atom stereocenters. The van der Waals surface area contributed by atoms with Crippen molar-refractivity contribution in [2.24, 2.45) is 0 Å². The van der Waals surface area contributed by atoms with E-state index in [1.807, 2.05) is 5.48 Å². The molecule has 0 aromatic heterocycles. The minimum absolute atomic E-state index is 0.0343. The van der Waals surface area contributed by atoms with Crippen LogP contribution in [0.4, 0.5) is 8.78 Å². The number of rotatable bonds is 6. The van der Waals surface area contributed by atoms with Gasteiger partial charge in [-0.25, -0.2) is 4.79 Å². The lowest BCUT2D eigenvalue weighted by Gasteiger charge is -2.07. The number of amides is 1. The van der Waals surface area contributed by atoms with Crippen molar-refractivity contribution in [1.82, 2.24) is 5.48 Å². The van der Waals surface area contributed by atoms with Crippen molar-refractivity contribution in [2.75, 3.05) is 7.11 Å². The molecule has 7 nitrogen and oxygen atoms in total. The number of carbonyl (C=O) groups excluding carboxylic acids is 2. The van der Waals surface area contributed by atoms with E-state index in [9.17, 15) is 18.4 Å². The molecule has 2 aromatic rings. The summed E-state index contributed by atoms with van der Waals surface area (Å²) in [6.07, 6.45) is 1.28. The first kappa shape index (κ1) is 20.4. The maximum atomic E-state index is 12.1. The van der Waals surface area contributed by atoms with Gasteiger partial charge < -0.3 is 14.3 Å². The highest BCUT2D eigenvalue weighted by Crippen LogP contribution is 2.16. The third kappa shape index (κ3) is 5.81. The Bertz CT molecular complexity index is 903. The molecule has 0 aliphatic heterocycles. The van der Waals surface area contributed by atoms with Crippen molar-refractivity contribution in [3.05, 3.63) is 65.2 Å². The van der Waals surface area contributed by atoms with E-state index in [1.165, 1.54) is 25.3 Å². The minimum Gasteiger partial charge on any atom is -0.497 e. The Morgan fingerprint density at radius 3 is 2.21 bits per heavy atom. The van der Waals surface area contributed by atoms with Gasteiger partial charge in [-0.2, -0.15) is 19.5 Å². The molecule has 9 heteroatoms. The molecule has 0 saturated heterocycles. The summed E-state index contributed by atoms with van der Waals surface area (Å²) in [5.41, 5.74) is 2.13. The summed E-state index contributed by atoms with van der Waals surface area (Å²) in [4.78, 5) is 28.5. The maximum Gasteiger partial charge on any atom is 0.387 e. The van der Waals surface area contributed by atoms with E-state index in [4.69, 9.17) is 10.00 Å². The Hall–Kier alpha value is -3.93. The molecule has 2 rings (SSSR count). The Labute approximate surface area is 158 Å². The number of carbonyl (C=O) groups is 2. The van der Waals surface area contributed by atoms with Crippen molar-refractivity contribution in [3.63, 3.8) is 0 Å². The lowest BCUT2D eigenvalue weighted by molar-refractivity contribution is -0.143. The zero-order chi connectivity index (χ0) is 20.5. The predicted octanol–water partition coefficient (Wildman–Crippen LogP) is 3.09. The fourth-order valence-corrected chi connectivity index (χ4v) is 2.00. The summed E-state index contributed by atoms with van der Waals surface area (Å²) in [6.45, 7) is -2.98. The van der Waals surface area contributed by atoms with Crippen LogP contribution in [0.25, 0.3) is 6.08 Å². The van der Waals surface area contributed by atoms with Gasteiger partial charge in [0.25, 0.3) is 5.91 Å². The van der Waals surface area contributed by atoms with E-state index in [2.05, 4.69) is 9.57 Å². The van der Waals surface area contributed by atoms with Crippen molar-refractivity contribution in [3.8, 4) is 17.6 Å². The van der Waals surface area contributed by atoms with Crippen molar-refractivity contribution in [1.29, 1.82) is 5.26 Å². The Balaban J connectivity index is 1.97. The first-order valence-electron chi connectivity index (χ1n) is 7.75. The minimum atomic E-state index is -2.98. The number of hydrogen-bond acceptors (Lipinski definition) is 6. The molecule has 0 spiro atoms. The topological polar surface area (TPSA) is 97.6 Å². The number of nitrogens with one attached hydrogen (secondary N) is 1. The fraction of sp³-hybridized carbons (Fsp3) is 0.105. The molecule has 0 radical (unpaired) electrons. The van der Waals surface area contributed by atoms with Crippen LogP contribution < -0.4 is 15.0 Å². The molecular formula is C19H14F2N2O5. The third-order valence-corrected chi connectivity index (χ3v) is 3.35. The molecule has 0 aliphatic carbocycles. The van der Waals surface area contributed by atoms with Crippen LogP contribution in [0, 0.1) is 11.3 Å². The summed E-state index contributed by atoms with van der Waals surface area (Å²) in [5.74, 6) is -1.39. The summed E-state index contributed by atoms with van der Waals surface area (Å²) >= 11 is 0. The average molecular weight is 388 g/mol.